The summed E-state index contributed by atoms with van der Waals surface area (Å²) in [6, 6.07) is 17.8. The van der Waals surface area contributed by atoms with E-state index in [9.17, 15) is 16.8 Å². The third kappa shape index (κ3) is 3.78. The molecule has 26 heavy (non-hydrogen) atoms. The van der Waals surface area contributed by atoms with E-state index in [1.807, 2.05) is 42.5 Å². The van der Waals surface area contributed by atoms with Gasteiger partial charge in [0.25, 0.3) is 0 Å². The quantitative estimate of drug-likeness (QED) is 0.698. The van der Waals surface area contributed by atoms with Crippen LogP contribution >= 0.6 is 0 Å². The summed E-state index contributed by atoms with van der Waals surface area (Å²) in [7, 11) is -7.69. The van der Waals surface area contributed by atoms with E-state index < -0.39 is 26.1 Å². The zero-order valence-corrected chi connectivity index (χ0v) is 15.6. The summed E-state index contributed by atoms with van der Waals surface area (Å²) in [5, 5.41) is 7.02. The summed E-state index contributed by atoms with van der Waals surface area (Å²) >= 11 is 0. The lowest BCUT2D eigenvalue weighted by atomic mass is 10.0. The van der Waals surface area contributed by atoms with E-state index >= 15 is 0 Å². The Morgan fingerprint density at radius 2 is 1.38 bits per heavy atom. The molecular formula is C18H18N2O4S2. The summed E-state index contributed by atoms with van der Waals surface area (Å²) < 4.78 is 50.5. The molecule has 3 aromatic carbocycles. The molecule has 0 aliphatic carbocycles. The van der Waals surface area contributed by atoms with E-state index in [1.54, 1.807) is 6.92 Å². The number of sulfonamides is 2. The van der Waals surface area contributed by atoms with E-state index in [-0.39, 0.29) is 9.79 Å². The maximum Gasteiger partial charge on any atom is 0.241 e. The van der Waals surface area contributed by atoms with Crippen molar-refractivity contribution in [1.82, 2.24) is 4.72 Å². The Labute approximate surface area is 152 Å². The third-order valence-electron chi connectivity index (χ3n) is 4.08. The maximum atomic E-state index is 12.6. The summed E-state index contributed by atoms with van der Waals surface area (Å²) in [6.45, 7) is 1.76. The Morgan fingerprint density at radius 3 is 2.04 bits per heavy atom. The highest BCUT2D eigenvalue weighted by atomic mass is 32.2. The molecule has 0 aromatic heterocycles. The van der Waals surface area contributed by atoms with Gasteiger partial charge in [0.2, 0.25) is 20.0 Å². The topological polar surface area (TPSA) is 106 Å². The van der Waals surface area contributed by atoms with Gasteiger partial charge in [0, 0.05) is 6.04 Å². The Balaban J connectivity index is 1.91. The first-order valence-electron chi connectivity index (χ1n) is 7.81. The van der Waals surface area contributed by atoms with Crippen molar-refractivity contribution in [2.24, 2.45) is 5.14 Å². The van der Waals surface area contributed by atoms with Gasteiger partial charge < -0.3 is 0 Å². The first-order chi connectivity index (χ1) is 12.2. The molecule has 3 rings (SSSR count). The van der Waals surface area contributed by atoms with Crippen LogP contribution in [0.5, 0.6) is 0 Å². The summed E-state index contributed by atoms with van der Waals surface area (Å²) in [4.78, 5) is -0.171. The van der Waals surface area contributed by atoms with Gasteiger partial charge in [-0.3, -0.25) is 0 Å². The standard InChI is InChI=1S/C18H18N2O4S2/c1-13(17-8-4-6-14-5-2-3-7-18(14)17)20-26(23,24)16-11-9-15(10-12-16)25(19,21)22/h2-13,20H,1H3,(H2,19,21,22). The molecule has 0 saturated heterocycles. The summed E-state index contributed by atoms with van der Waals surface area (Å²) in [6.07, 6.45) is 0. The number of benzene rings is 3. The monoisotopic (exact) mass is 390 g/mol. The first kappa shape index (κ1) is 18.5. The van der Waals surface area contributed by atoms with Gasteiger partial charge in [-0.25, -0.2) is 26.7 Å². The second kappa shape index (κ2) is 6.81. The van der Waals surface area contributed by atoms with Crippen molar-refractivity contribution in [1.29, 1.82) is 0 Å². The minimum atomic E-state index is -3.87. The van der Waals surface area contributed by atoms with Crippen molar-refractivity contribution < 1.29 is 16.8 Å². The highest BCUT2D eigenvalue weighted by Crippen LogP contribution is 2.25. The minimum absolute atomic E-state index is 0.0306. The molecule has 1 atom stereocenters. The van der Waals surface area contributed by atoms with Crippen LogP contribution in [0.1, 0.15) is 18.5 Å². The fourth-order valence-corrected chi connectivity index (χ4v) is 4.54. The van der Waals surface area contributed by atoms with Crippen LogP contribution in [0.3, 0.4) is 0 Å². The van der Waals surface area contributed by atoms with Crippen LogP contribution in [-0.2, 0) is 20.0 Å². The van der Waals surface area contributed by atoms with Gasteiger partial charge in [0.05, 0.1) is 9.79 Å². The van der Waals surface area contributed by atoms with Crippen molar-refractivity contribution in [2.45, 2.75) is 22.8 Å². The van der Waals surface area contributed by atoms with Crippen LogP contribution in [0.15, 0.2) is 76.5 Å². The predicted octanol–water partition coefficient (Wildman–Crippen LogP) is 2.53. The molecule has 136 valence electrons. The van der Waals surface area contributed by atoms with Crippen LogP contribution in [0.4, 0.5) is 0 Å². The second-order valence-corrected chi connectivity index (χ2v) is 9.20. The van der Waals surface area contributed by atoms with E-state index in [2.05, 4.69) is 4.72 Å². The van der Waals surface area contributed by atoms with E-state index in [1.165, 1.54) is 24.3 Å². The molecule has 0 amide bonds. The number of nitrogens with two attached hydrogens (primary N) is 1. The molecule has 0 spiro atoms. The van der Waals surface area contributed by atoms with Gasteiger partial charge in [-0.15, -0.1) is 0 Å². The molecule has 0 aliphatic rings. The van der Waals surface area contributed by atoms with Gasteiger partial charge in [0.15, 0.2) is 0 Å². The van der Waals surface area contributed by atoms with Gasteiger partial charge in [0.1, 0.15) is 0 Å². The molecule has 3 aromatic rings. The van der Waals surface area contributed by atoms with Gasteiger partial charge in [-0.05, 0) is 47.5 Å². The number of nitrogens with one attached hydrogen (secondary N) is 1. The Bertz CT molecular complexity index is 1150. The minimum Gasteiger partial charge on any atom is -0.225 e. The van der Waals surface area contributed by atoms with Crippen molar-refractivity contribution in [3.63, 3.8) is 0 Å². The van der Waals surface area contributed by atoms with Gasteiger partial charge in [-0.2, -0.15) is 0 Å². The van der Waals surface area contributed by atoms with E-state index in [4.69, 9.17) is 5.14 Å². The number of primary sulfonamides is 1. The number of hydrogen-bond acceptors (Lipinski definition) is 4. The van der Waals surface area contributed by atoms with Crippen molar-refractivity contribution in [3.05, 3.63) is 72.3 Å². The zero-order chi connectivity index (χ0) is 18.9. The molecule has 1 unspecified atom stereocenters. The molecule has 0 radical (unpaired) electrons. The van der Waals surface area contributed by atoms with Crippen molar-refractivity contribution in [3.8, 4) is 0 Å². The predicted molar refractivity (Wildman–Crippen MR) is 100 cm³/mol. The lowest BCUT2D eigenvalue weighted by Crippen LogP contribution is -2.27. The van der Waals surface area contributed by atoms with Crippen LogP contribution in [-0.4, -0.2) is 16.8 Å². The molecule has 0 saturated carbocycles. The molecule has 8 heteroatoms. The lowest BCUT2D eigenvalue weighted by molar-refractivity contribution is 0.567. The third-order valence-corrected chi connectivity index (χ3v) is 6.57. The van der Waals surface area contributed by atoms with E-state index in [0.29, 0.717) is 0 Å². The number of rotatable bonds is 5. The first-order valence-corrected chi connectivity index (χ1v) is 10.8. The largest absolute Gasteiger partial charge is 0.241 e. The summed E-state index contributed by atoms with van der Waals surface area (Å²) in [5.41, 5.74) is 0.854. The van der Waals surface area contributed by atoms with Crippen molar-refractivity contribution in [2.75, 3.05) is 0 Å². The lowest BCUT2D eigenvalue weighted by Gasteiger charge is -2.17. The van der Waals surface area contributed by atoms with Crippen LogP contribution in [0.25, 0.3) is 10.8 Å². The van der Waals surface area contributed by atoms with Gasteiger partial charge >= 0.3 is 0 Å². The Hall–Kier alpha value is -2.26. The Morgan fingerprint density at radius 1 is 0.808 bits per heavy atom. The fraction of sp³-hybridized carbons (Fsp3) is 0.111. The maximum absolute atomic E-state index is 12.6. The average molecular weight is 390 g/mol. The van der Waals surface area contributed by atoms with Crippen molar-refractivity contribution >= 4 is 30.8 Å². The Kier molecular flexibility index (Phi) is 4.85. The fourth-order valence-electron chi connectivity index (χ4n) is 2.80. The average Bonchev–Trinajstić information content (AvgIpc) is 2.60. The van der Waals surface area contributed by atoms with Crippen LogP contribution in [0.2, 0.25) is 0 Å². The molecular weight excluding hydrogens is 372 g/mol. The SMILES string of the molecule is CC(NS(=O)(=O)c1ccc(S(N)(=O)=O)cc1)c1cccc2ccccc12. The summed E-state index contributed by atoms with van der Waals surface area (Å²) in [5.74, 6) is 0. The molecule has 6 nitrogen and oxygen atoms in total. The molecule has 0 aliphatic heterocycles. The molecule has 0 heterocycles. The second-order valence-electron chi connectivity index (χ2n) is 5.93. The highest BCUT2D eigenvalue weighted by molar-refractivity contribution is 7.89. The normalized spacial score (nSPS) is 13.6. The number of fused-ring (bicyclic) bond motifs is 1. The molecule has 0 fully saturated rings. The van der Waals surface area contributed by atoms with E-state index in [0.717, 1.165) is 16.3 Å². The van der Waals surface area contributed by atoms with Crippen LogP contribution < -0.4 is 9.86 Å². The smallest absolute Gasteiger partial charge is 0.225 e. The number of hydrogen-bond donors (Lipinski definition) is 2. The van der Waals surface area contributed by atoms with Crippen LogP contribution in [0, 0.1) is 0 Å². The zero-order valence-electron chi connectivity index (χ0n) is 14.0. The van der Waals surface area contributed by atoms with Gasteiger partial charge in [-0.1, -0.05) is 42.5 Å². The molecule has 3 N–H and O–H groups in total. The highest BCUT2D eigenvalue weighted by Gasteiger charge is 2.20. The molecule has 0 bridgehead atoms.